The van der Waals surface area contributed by atoms with Crippen LogP contribution < -0.4 is 0 Å². The summed E-state index contributed by atoms with van der Waals surface area (Å²) in [4.78, 5) is 35.0. The highest BCUT2D eigenvalue weighted by Crippen LogP contribution is 2.44. The summed E-state index contributed by atoms with van der Waals surface area (Å²) < 4.78 is 10.1. The van der Waals surface area contributed by atoms with Crippen molar-refractivity contribution >= 4 is 45.3 Å². The summed E-state index contributed by atoms with van der Waals surface area (Å²) >= 11 is 6.27. The van der Waals surface area contributed by atoms with Crippen LogP contribution >= 0.6 is 11.6 Å². The number of carbonyl (C=O) groups is 2. The maximum atomic E-state index is 12.8. The largest absolute Gasteiger partial charge is 0.464 e. The van der Waals surface area contributed by atoms with Gasteiger partial charge >= 0.3 is 11.9 Å². The molecule has 0 saturated carbocycles. The molecule has 5 rings (SSSR count). The van der Waals surface area contributed by atoms with Crippen molar-refractivity contribution in [3.63, 3.8) is 0 Å². The lowest BCUT2D eigenvalue weighted by atomic mass is 9.94. The Morgan fingerprint density at radius 3 is 1.97 bits per heavy atom. The number of aromatic nitrogens is 3. The van der Waals surface area contributed by atoms with E-state index in [1.54, 1.807) is 12.3 Å². The van der Waals surface area contributed by atoms with Crippen molar-refractivity contribution in [1.82, 2.24) is 15.0 Å². The molecule has 0 bridgehead atoms. The van der Waals surface area contributed by atoms with Gasteiger partial charge in [0.05, 0.1) is 14.2 Å². The highest BCUT2D eigenvalue weighted by atomic mass is 35.5. The number of H-pyrrole nitrogens is 3. The molecule has 8 heteroatoms. The predicted octanol–water partition coefficient (Wildman–Crippen LogP) is 5.54. The molecule has 0 aliphatic carbocycles. The summed E-state index contributed by atoms with van der Waals surface area (Å²) in [5, 5.41) is 2.25. The van der Waals surface area contributed by atoms with Crippen LogP contribution in [-0.4, -0.2) is 41.1 Å². The van der Waals surface area contributed by atoms with E-state index < -0.39 is 11.9 Å². The Balaban J connectivity index is 1.93. The molecule has 3 aromatic heterocycles. The van der Waals surface area contributed by atoms with Crippen molar-refractivity contribution in [1.29, 1.82) is 0 Å². The average molecular weight is 448 g/mol. The molecule has 32 heavy (non-hydrogen) atoms. The van der Waals surface area contributed by atoms with Crippen LogP contribution in [0.2, 0.25) is 5.02 Å². The molecule has 0 spiro atoms. The summed E-state index contributed by atoms with van der Waals surface area (Å²) in [5.74, 6) is -1.20. The van der Waals surface area contributed by atoms with Crippen LogP contribution in [0, 0.1) is 0 Å². The van der Waals surface area contributed by atoms with E-state index in [9.17, 15) is 9.59 Å². The number of aromatic amines is 3. The Hall–Kier alpha value is -3.97. The van der Waals surface area contributed by atoms with E-state index >= 15 is 0 Å². The molecule has 0 unspecified atom stereocenters. The number of nitrogens with one attached hydrogen (secondary N) is 3. The van der Waals surface area contributed by atoms with Crippen LogP contribution in [0.3, 0.4) is 0 Å². The number of hydrogen-bond donors (Lipinski definition) is 3. The van der Waals surface area contributed by atoms with Crippen LogP contribution in [0.5, 0.6) is 0 Å². The number of para-hydroxylation sites is 1. The lowest BCUT2D eigenvalue weighted by Gasteiger charge is -2.08. The van der Waals surface area contributed by atoms with Crippen molar-refractivity contribution in [2.45, 2.75) is 0 Å². The first kappa shape index (κ1) is 20.0. The number of ether oxygens (including phenoxy) is 2. The molecule has 3 heterocycles. The third-order valence-corrected chi connectivity index (χ3v) is 5.79. The molecule has 0 atom stereocenters. The molecule has 0 fully saturated rings. The van der Waals surface area contributed by atoms with Crippen LogP contribution in [-0.2, 0) is 9.47 Å². The molecule has 0 radical (unpaired) electrons. The Labute approximate surface area is 187 Å². The number of rotatable bonds is 4. The fourth-order valence-corrected chi connectivity index (χ4v) is 4.30. The van der Waals surface area contributed by atoms with Gasteiger partial charge in [0.25, 0.3) is 0 Å². The summed E-state index contributed by atoms with van der Waals surface area (Å²) in [6, 6.07) is 13.2. The summed E-state index contributed by atoms with van der Waals surface area (Å²) in [6.07, 6.45) is 3.60. The van der Waals surface area contributed by atoms with Gasteiger partial charge in [0.15, 0.2) is 0 Å². The third-order valence-electron chi connectivity index (χ3n) is 5.55. The van der Waals surface area contributed by atoms with Crippen molar-refractivity contribution in [3.05, 3.63) is 71.3 Å². The molecule has 7 nitrogen and oxygen atoms in total. The third kappa shape index (κ3) is 2.98. The molecule has 3 N–H and O–H groups in total. The van der Waals surface area contributed by atoms with E-state index in [1.165, 1.54) is 14.2 Å². The Bertz CT molecular complexity index is 1510. The summed E-state index contributed by atoms with van der Waals surface area (Å²) in [6.45, 7) is 0. The van der Waals surface area contributed by atoms with Crippen LogP contribution in [0.4, 0.5) is 0 Å². The minimum Gasteiger partial charge on any atom is -0.464 e. The van der Waals surface area contributed by atoms with Gasteiger partial charge in [-0.25, -0.2) is 9.59 Å². The molecule has 160 valence electrons. The normalized spacial score (nSPS) is 11.2. The van der Waals surface area contributed by atoms with Gasteiger partial charge in [-0.05, 0) is 24.3 Å². The second-order valence-electron chi connectivity index (χ2n) is 7.25. The van der Waals surface area contributed by atoms with Crippen molar-refractivity contribution in [2.75, 3.05) is 14.2 Å². The molecule has 0 aliphatic heterocycles. The first-order valence-corrected chi connectivity index (χ1v) is 10.2. The van der Waals surface area contributed by atoms with Crippen molar-refractivity contribution < 1.29 is 19.1 Å². The zero-order valence-corrected chi connectivity index (χ0v) is 18.0. The topological polar surface area (TPSA) is 100.0 Å². The van der Waals surface area contributed by atoms with Gasteiger partial charge in [-0.15, -0.1) is 0 Å². The number of carbonyl (C=O) groups excluding carboxylic acids is 2. The second-order valence-corrected chi connectivity index (χ2v) is 7.68. The van der Waals surface area contributed by atoms with E-state index in [0.29, 0.717) is 21.7 Å². The van der Waals surface area contributed by atoms with Gasteiger partial charge in [-0.1, -0.05) is 29.8 Å². The van der Waals surface area contributed by atoms with Gasteiger partial charge in [-0.2, -0.15) is 0 Å². The van der Waals surface area contributed by atoms with Gasteiger partial charge in [-0.3, -0.25) is 0 Å². The van der Waals surface area contributed by atoms with E-state index in [1.807, 2.05) is 42.6 Å². The van der Waals surface area contributed by atoms with Crippen molar-refractivity contribution in [2.24, 2.45) is 0 Å². The minimum absolute atomic E-state index is 0.147. The molecule has 0 amide bonds. The summed E-state index contributed by atoms with van der Waals surface area (Å²) in [5.41, 5.74) is 4.55. The Morgan fingerprint density at radius 1 is 0.781 bits per heavy atom. The highest BCUT2D eigenvalue weighted by molar-refractivity contribution is 6.31. The number of benzene rings is 2. The highest BCUT2D eigenvalue weighted by Gasteiger charge is 2.31. The molecule has 0 aliphatic rings. The molecule has 0 saturated heterocycles. The average Bonchev–Trinajstić information content (AvgIpc) is 3.52. The Kier molecular flexibility index (Phi) is 4.75. The van der Waals surface area contributed by atoms with Gasteiger partial charge in [0.1, 0.15) is 11.4 Å². The van der Waals surface area contributed by atoms with E-state index in [4.69, 9.17) is 21.1 Å². The number of hydrogen-bond acceptors (Lipinski definition) is 4. The number of halogens is 1. The maximum Gasteiger partial charge on any atom is 0.355 e. The minimum atomic E-state index is -0.604. The zero-order valence-electron chi connectivity index (χ0n) is 17.2. The van der Waals surface area contributed by atoms with Gasteiger partial charge < -0.3 is 24.4 Å². The fourth-order valence-electron chi connectivity index (χ4n) is 4.13. The van der Waals surface area contributed by atoms with Crippen LogP contribution in [0.15, 0.2) is 54.9 Å². The van der Waals surface area contributed by atoms with Crippen LogP contribution in [0.1, 0.15) is 21.0 Å². The molecular formula is C24H18ClN3O4. The standard InChI is InChI=1S/C24H18ClN3O4/c1-31-23(29)21-19(15-10-26-17-6-4-3-5-13(15)17)20(22(28-21)24(30)32-2)16-11-27-18-8-7-12(25)9-14(16)18/h3-11,26-28H,1-2H3. The zero-order chi connectivity index (χ0) is 22.4. The van der Waals surface area contributed by atoms with E-state index in [0.717, 1.165) is 27.4 Å². The lowest BCUT2D eigenvalue weighted by Crippen LogP contribution is -2.06. The van der Waals surface area contributed by atoms with Gasteiger partial charge in [0, 0.05) is 61.5 Å². The monoisotopic (exact) mass is 447 g/mol. The van der Waals surface area contributed by atoms with E-state index in [-0.39, 0.29) is 11.4 Å². The van der Waals surface area contributed by atoms with Gasteiger partial charge in [0.2, 0.25) is 0 Å². The Morgan fingerprint density at radius 2 is 1.34 bits per heavy atom. The first-order valence-electron chi connectivity index (χ1n) is 9.79. The lowest BCUT2D eigenvalue weighted by molar-refractivity contribution is 0.0591. The number of methoxy groups -OCH3 is 2. The van der Waals surface area contributed by atoms with E-state index in [2.05, 4.69) is 15.0 Å². The first-order chi connectivity index (χ1) is 15.5. The quantitative estimate of drug-likeness (QED) is 0.315. The molecule has 2 aromatic carbocycles. The number of esters is 2. The molecule has 5 aromatic rings. The second kappa shape index (κ2) is 7.62. The fraction of sp³-hybridized carbons (Fsp3) is 0.0833. The van der Waals surface area contributed by atoms with Crippen LogP contribution in [0.25, 0.3) is 44.1 Å². The SMILES string of the molecule is COC(=O)c1[nH]c(C(=O)OC)c(-c2c[nH]c3ccc(Cl)cc23)c1-c1c[nH]c2ccccc12. The van der Waals surface area contributed by atoms with Crippen molar-refractivity contribution in [3.8, 4) is 22.3 Å². The summed E-state index contributed by atoms with van der Waals surface area (Å²) in [7, 11) is 2.59. The smallest absolute Gasteiger partial charge is 0.355 e. The number of fused-ring (bicyclic) bond motifs is 2. The maximum absolute atomic E-state index is 12.8. The molecular weight excluding hydrogens is 430 g/mol. The predicted molar refractivity (Wildman–Crippen MR) is 123 cm³/mol.